The number of hydrogen-bond donors (Lipinski definition) is 1. The summed E-state index contributed by atoms with van der Waals surface area (Å²) < 4.78 is 1.13. The Balaban J connectivity index is 1.58. The van der Waals surface area contributed by atoms with Crippen molar-refractivity contribution in [3.8, 4) is 0 Å². The number of pyridine rings is 1. The number of anilines is 2. The third kappa shape index (κ3) is 3.54. The lowest BCUT2D eigenvalue weighted by Gasteiger charge is -2.35. The van der Waals surface area contributed by atoms with Crippen LogP contribution in [-0.2, 0) is 6.54 Å². The van der Waals surface area contributed by atoms with E-state index in [2.05, 4.69) is 55.0 Å². The summed E-state index contributed by atoms with van der Waals surface area (Å²) in [5, 5.41) is 0. The summed E-state index contributed by atoms with van der Waals surface area (Å²) >= 11 is 3.47. The zero-order valence-corrected chi connectivity index (χ0v) is 13.5. The molecule has 1 aliphatic heterocycles. The Bertz CT molecular complexity index is 591. The summed E-state index contributed by atoms with van der Waals surface area (Å²) in [7, 11) is 0. The molecule has 1 aromatic heterocycles. The van der Waals surface area contributed by atoms with Crippen molar-refractivity contribution in [2.24, 2.45) is 0 Å². The van der Waals surface area contributed by atoms with Gasteiger partial charge in [-0.2, -0.15) is 0 Å². The minimum absolute atomic E-state index is 0.763. The number of nitrogens with two attached hydrogens (primary N) is 1. The first kappa shape index (κ1) is 14.4. The molecule has 0 aliphatic carbocycles. The van der Waals surface area contributed by atoms with Crippen LogP contribution in [0.25, 0.3) is 0 Å². The van der Waals surface area contributed by atoms with Crippen LogP contribution >= 0.6 is 15.9 Å². The molecule has 0 amide bonds. The lowest BCUT2D eigenvalue weighted by atomic mass is 10.2. The van der Waals surface area contributed by atoms with Crippen molar-refractivity contribution >= 4 is 27.4 Å². The molecule has 1 fully saturated rings. The van der Waals surface area contributed by atoms with E-state index in [1.165, 1.54) is 5.56 Å². The SMILES string of the molecule is Nc1cccnc1N1CCN(Cc2ccc(Br)cc2)CC1. The number of piperazine rings is 1. The van der Waals surface area contributed by atoms with Crippen molar-refractivity contribution in [1.82, 2.24) is 9.88 Å². The van der Waals surface area contributed by atoms with Crippen molar-refractivity contribution in [2.45, 2.75) is 6.54 Å². The molecular formula is C16H19BrN4. The number of nitrogens with zero attached hydrogens (tertiary/aromatic N) is 3. The van der Waals surface area contributed by atoms with E-state index in [4.69, 9.17) is 5.73 Å². The van der Waals surface area contributed by atoms with E-state index < -0.39 is 0 Å². The second-order valence-corrected chi connectivity index (χ2v) is 6.22. The van der Waals surface area contributed by atoms with Gasteiger partial charge in [0.1, 0.15) is 0 Å². The second kappa shape index (κ2) is 6.45. The van der Waals surface area contributed by atoms with E-state index in [1.807, 2.05) is 12.1 Å². The molecule has 3 rings (SSSR count). The first-order chi connectivity index (χ1) is 10.2. The number of halogens is 1. The average molecular weight is 347 g/mol. The van der Waals surface area contributed by atoms with Gasteiger partial charge in [0, 0.05) is 43.4 Å². The average Bonchev–Trinajstić information content (AvgIpc) is 2.51. The highest BCUT2D eigenvalue weighted by atomic mass is 79.9. The van der Waals surface area contributed by atoms with Gasteiger partial charge in [-0.15, -0.1) is 0 Å². The Morgan fingerprint density at radius 3 is 2.43 bits per heavy atom. The van der Waals surface area contributed by atoms with Crippen LogP contribution in [0.15, 0.2) is 47.1 Å². The lowest BCUT2D eigenvalue weighted by Crippen LogP contribution is -2.46. The van der Waals surface area contributed by atoms with Gasteiger partial charge in [-0.1, -0.05) is 28.1 Å². The number of hydrogen-bond acceptors (Lipinski definition) is 4. The minimum Gasteiger partial charge on any atom is -0.396 e. The van der Waals surface area contributed by atoms with Gasteiger partial charge in [0.15, 0.2) is 5.82 Å². The molecule has 0 spiro atoms. The van der Waals surface area contributed by atoms with Gasteiger partial charge in [-0.3, -0.25) is 4.90 Å². The third-order valence-corrected chi connectivity index (χ3v) is 4.34. The molecule has 5 heteroatoms. The van der Waals surface area contributed by atoms with Crippen LogP contribution < -0.4 is 10.6 Å². The highest BCUT2D eigenvalue weighted by Gasteiger charge is 2.19. The van der Waals surface area contributed by atoms with Crippen LogP contribution in [0.1, 0.15) is 5.56 Å². The molecule has 1 aliphatic rings. The maximum atomic E-state index is 6.00. The summed E-state index contributed by atoms with van der Waals surface area (Å²) in [5.41, 5.74) is 8.12. The Hall–Kier alpha value is -1.59. The van der Waals surface area contributed by atoms with Crippen LogP contribution in [0.4, 0.5) is 11.5 Å². The fourth-order valence-electron chi connectivity index (χ4n) is 2.64. The quantitative estimate of drug-likeness (QED) is 0.928. The standard InChI is InChI=1S/C16H19BrN4/c17-14-5-3-13(4-6-14)12-20-8-10-21(11-9-20)16-15(18)2-1-7-19-16/h1-7H,8-12,18H2. The molecule has 2 aromatic rings. The largest absolute Gasteiger partial charge is 0.396 e. The highest BCUT2D eigenvalue weighted by Crippen LogP contribution is 2.21. The van der Waals surface area contributed by atoms with Crippen LogP contribution in [-0.4, -0.2) is 36.1 Å². The van der Waals surface area contributed by atoms with Crippen molar-refractivity contribution in [3.05, 3.63) is 52.6 Å². The summed E-state index contributed by atoms with van der Waals surface area (Å²) in [6.07, 6.45) is 1.81. The van der Waals surface area contributed by atoms with E-state index in [-0.39, 0.29) is 0 Å². The highest BCUT2D eigenvalue weighted by molar-refractivity contribution is 9.10. The zero-order valence-electron chi connectivity index (χ0n) is 11.9. The van der Waals surface area contributed by atoms with Gasteiger partial charge in [-0.05, 0) is 29.8 Å². The number of rotatable bonds is 3. The molecule has 110 valence electrons. The maximum absolute atomic E-state index is 6.00. The molecule has 0 unspecified atom stereocenters. The molecular weight excluding hydrogens is 328 g/mol. The molecule has 0 saturated carbocycles. The summed E-state index contributed by atoms with van der Waals surface area (Å²) in [6, 6.07) is 12.3. The van der Waals surface area contributed by atoms with Crippen molar-refractivity contribution < 1.29 is 0 Å². The van der Waals surface area contributed by atoms with Crippen molar-refractivity contribution in [1.29, 1.82) is 0 Å². The van der Waals surface area contributed by atoms with E-state index in [0.29, 0.717) is 0 Å². The molecule has 0 bridgehead atoms. The molecule has 1 aromatic carbocycles. The third-order valence-electron chi connectivity index (χ3n) is 3.81. The fourth-order valence-corrected chi connectivity index (χ4v) is 2.90. The Morgan fingerprint density at radius 1 is 1.05 bits per heavy atom. The Morgan fingerprint density at radius 2 is 1.76 bits per heavy atom. The second-order valence-electron chi connectivity index (χ2n) is 5.31. The van der Waals surface area contributed by atoms with E-state index in [9.17, 15) is 0 Å². The molecule has 4 nitrogen and oxygen atoms in total. The van der Waals surface area contributed by atoms with Gasteiger partial charge in [0.05, 0.1) is 5.69 Å². The molecule has 0 atom stereocenters. The Kier molecular flexibility index (Phi) is 4.41. The molecule has 2 N–H and O–H groups in total. The van der Waals surface area contributed by atoms with Crippen molar-refractivity contribution in [2.75, 3.05) is 36.8 Å². The van der Waals surface area contributed by atoms with Gasteiger partial charge in [0.2, 0.25) is 0 Å². The monoisotopic (exact) mass is 346 g/mol. The molecule has 21 heavy (non-hydrogen) atoms. The maximum Gasteiger partial charge on any atom is 0.151 e. The number of aromatic nitrogens is 1. The van der Waals surface area contributed by atoms with Crippen LogP contribution in [0.5, 0.6) is 0 Å². The number of benzene rings is 1. The predicted octanol–water partition coefficient (Wildman–Crippen LogP) is 2.75. The smallest absolute Gasteiger partial charge is 0.151 e. The molecule has 0 radical (unpaired) electrons. The zero-order chi connectivity index (χ0) is 14.7. The summed E-state index contributed by atoms with van der Waals surface area (Å²) in [6.45, 7) is 5.01. The Labute approximate surface area is 133 Å². The normalized spacial score (nSPS) is 16.1. The topological polar surface area (TPSA) is 45.4 Å². The predicted molar refractivity (Wildman–Crippen MR) is 90.3 cm³/mol. The van der Waals surface area contributed by atoms with Crippen LogP contribution in [0.2, 0.25) is 0 Å². The van der Waals surface area contributed by atoms with E-state index >= 15 is 0 Å². The van der Waals surface area contributed by atoms with Gasteiger partial charge in [0.25, 0.3) is 0 Å². The minimum atomic E-state index is 0.763. The van der Waals surface area contributed by atoms with Crippen LogP contribution in [0.3, 0.4) is 0 Å². The van der Waals surface area contributed by atoms with Gasteiger partial charge in [-0.25, -0.2) is 4.98 Å². The van der Waals surface area contributed by atoms with Crippen LogP contribution in [0, 0.1) is 0 Å². The van der Waals surface area contributed by atoms with Crippen molar-refractivity contribution in [3.63, 3.8) is 0 Å². The lowest BCUT2D eigenvalue weighted by molar-refractivity contribution is 0.249. The molecule has 1 saturated heterocycles. The van der Waals surface area contributed by atoms with Gasteiger partial charge < -0.3 is 10.6 Å². The van der Waals surface area contributed by atoms with Gasteiger partial charge >= 0.3 is 0 Å². The first-order valence-corrected chi connectivity index (χ1v) is 7.94. The number of nitrogen functional groups attached to an aromatic ring is 1. The van der Waals surface area contributed by atoms with E-state index in [0.717, 1.165) is 48.7 Å². The fraction of sp³-hybridized carbons (Fsp3) is 0.312. The summed E-state index contributed by atoms with van der Waals surface area (Å²) in [5.74, 6) is 0.917. The molecule has 2 heterocycles. The summed E-state index contributed by atoms with van der Waals surface area (Å²) in [4.78, 5) is 9.14. The first-order valence-electron chi connectivity index (χ1n) is 7.14. The van der Waals surface area contributed by atoms with E-state index in [1.54, 1.807) is 6.20 Å².